The summed E-state index contributed by atoms with van der Waals surface area (Å²) >= 11 is 0. The van der Waals surface area contributed by atoms with Crippen LogP contribution < -0.4 is 9.47 Å². The Morgan fingerprint density at radius 3 is 1.24 bits per heavy atom. The predicted molar refractivity (Wildman–Crippen MR) is 313 cm³/mol. The third-order valence-electron chi connectivity index (χ3n) is 14.5. The zero-order chi connectivity index (χ0) is 64.7. The van der Waals surface area contributed by atoms with Gasteiger partial charge in [0.2, 0.25) is 11.8 Å². The molecule has 0 radical (unpaired) electrons. The van der Waals surface area contributed by atoms with Gasteiger partial charge in [0.15, 0.2) is 34.9 Å². The average molecular weight is 1270 g/mol. The summed E-state index contributed by atoms with van der Waals surface area (Å²) < 4.78 is 150. The Morgan fingerprint density at radius 1 is 0.478 bits per heavy atom. The molecule has 6 heterocycles. The van der Waals surface area contributed by atoms with E-state index in [2.05, 4.69) is 40.6 Å². The smallest absolute Gasteiger partial charge is 0.335 e. The van der Waals surface area contributed by atoms with Gasteiger partial charge in [-0.05, 0) is 83.9 Å². The molecule has 0 unspecified atom stereocenters. The average Bonchev–Trinajstić information content (AvgIpc) is 1.46. The minimum absolute atomic E-state index is 0.0127. The summed E-state index contributed by atoms with van der Waals surface area (Å²) in [4.78, 5) is 39.8. The van der Waals surface area contributed by atoms with Gasteiger partial charge in [-0.2, -0.15) is 0 Å². The fourth-order valence-corrected chi connectivity index (χ4v) is 9.91. The van der Waals surface area contributed by atoms with Crippen molar-refractivity contribution in [3.8, 4) is 45.6 Å². The molecule has 12 aromatic rings. The van der Waals surface area contributed by atoms with Crippen molar-refractivity contribution in [1.29, 1.82) is 0 Å². The first-order valence-electron chi connectivity index (χ1n) is 27.7. The number of benzene rings is 6. The number of imidazole rings is 2. The highest BCUT2D eigenvalue weighted by Crippen LogP contribution is 2.34. The van der Waals surface area contributed by atoms with E-state index in [1.807, 2.05) is 48.5 Å². The molecule has 0 aliphatic carbocycles. The number of rotatable bonds is 22. The summed E-state index contributed by atoms with van der Waals surface area (Å²) in [5, 5.41) is 34.1. The fraction of sp³-hybridized carbons (Fsp3) is 0.156. The van der Waals surface area contributed by atoms with Crippen molar-refractivity contribution in [2.75, 3.05) is 27.4 Å². The van der Waals surface area contributed by atoms with E-state index in [1.54, 1.807) is 34.2 Å². The Bertz CT molecular complexity index is 4390. The molecule has 6 aromatic heterocycles. The van der Waals surface area contributed by atoms with E-state index in [1.165, 1.54) is 71.9 Å². The molecule has 92 heavy (non-hydrogen) atoms. The summed E-state index contributed by atoms with van der Waals surface area (Å²) in [5.74, 6) is -12.2. The second-order valence-corrected chi connectivity index (χ2v) is 20.3. The number of nitrogens with zero attached hydrogens (tertiary/aromatic N) is 12. The van der Waals surface area contributed by atoms with Crippen molar-refractivity contribution in [1.82, 2.24) is 59.1 Å². The maximum absolute atomic E-state index is 15.5. The normalized spacial score (nSPS) is 11.3. The van der Waals surface area contributed by atoms with Gasteiger partial charge in [-0.15, -0.1) is 10.2 Å². The maximum Gasteiger partial charge on any atom is 0.335 e. The third kappa shape index (κ3) is 13.4. The second-order valence-electron chi connectivity index (χ2n) is 20.3. The van der Waals surface area contributed by atoms with Crippen LogP contribution in [0.5, 0.6) is 11.8 Å². The molecule has 0 spiro atoms. The van der Waals surface area contributed by atoms with Crippen LogP contribution in [0.15, 0.2) is 146 Å². The van der Waals surface area contributed by atoms with E-state index in [-0.39, 0.29) is 108 Å². The number of halogens is 8. The summed E-state index contributed by atoms with van der Waals surface area (Å²) in [5.41, 5.74) is 0.0971. The van der Waals surface area contributed by atoms with E-state index >= 15 is 26.3 Å². The Hall–Kier alpha value is -11.3. The first-order valence-corrected chi connectivity index (χ1v) is 27.7. The highest BCUT2D eigenvalue weighted by atomic mass is 19.2. The van der Waals surface area contributed by atoms with Crippen LogP contribution in [0.2, 0.25) is 0 Å². The predicted octanol–water partition coefficient (Wildman–Crippen LogP) is 11.5. The quantitative estimate of drug-likeness (QED) is 0.0474. The molecule has 0 aliphatic heterocycles. The molecule has 0 fully saturated rings. The van der Waals surface area contributed by atoms with E-state index in [0.29, 0.717) is 0 Å². The fourth-order valence-electron chi connectivity index (χ4n) is 9.91. The van der Waals surface area contributed by atoms with Gasteiger partial charge in [-0.25, -0.2) is 74.0 Å². The minimum Gasteiger partial charge on any atom is -0.478 e. The molecule has 0 aliphatic rings. The van der Waals surface area contributed by atoms with Crippen molar-refractivity contribution >= 4 is 34.0 Å². The zero-order valence-corrected chi connectivity index (χ0v) is 48.2. The number of aromatic nitrogens is 12. The number of ether oxygens (including phenoxy) is 4. The van der Waals surface area contributed by atoms with Crippen LogP contribution in [0.25, 0.3) is 56.0 Å². The molecule has 6 aromatic carbocycles. The van der Waals surface area contributed by atoms with Crippen molar-refractivity contribution in [2.45, 2.75) is 39.1 Å². The van der Waals surface area contributed by atoms with Crippen LogP contribution in [0.1, 0.15) is 54.6 Å². The minimum atomic E-state index is -1.47. The van der Waals surface area contributed by atoms with E-state index in [9.17, 15) is 28.6 Å². The first kappa shape index (κ1) is 62.4. The van der Waals surface area contributed by atoms with Crippen LogP contribution in [0.4, 0.5) is 35.1 Å². The number of hydrogen-bond donors (Lipinski definition) is 2. The van der Waals surface area contributed by atoms with Gasteiger partial charge in [0.1, 0.15) is 47.5 Å². The van der Waals surface area contributed by atoms with Gasteiger partial charge in [0.25, 0.3) is 0 Å². The van der Waals surface area contributed by atoms with Gasteiger partial charge >= 0.3 is 11.9 Å². The third-order valence-corrected chi connectivity index (χ3v) is 14.5. The van der Waals surface area contributed by atoms with E-state index in [4.69, 9.17) is 18.9 Å². The molecule has 468 valence electrons. The summed E-state index contributed by atoms with van der Waals surface area (Å²) in [6, 6.07) is 29.2. The number of carboxylic acid groups (broad SMARTS) is 2. The monoisotopic (exact) mass is 1260 g/mol. The van der Waals surface area contributed by atoms with Gasteiger partial charge < -0.3 is 38.3 Å². The van der Waals surface area contributed by atoms with Crippen LogP contribution in [0, 0.1) is 46.5 Å². The van der Waals surface area contributed by atoms with Crippen molar-refractivity contribution in [2.24, 2.45) is 0 Å². The molecule has 20 nitrogen and oxygen atoms in total. The lowest BCUT2D eigenvalue weighted by molar-refractivity contribution is 0.0686. The molecule has 28 heteroatoms. The number of carboxylic acids is 2. The topological polar surface area (TPSA) is 234 Å². The molecule has 0 atom stereocenters. The summed E-state index contributed by atoms with van der Waals surface area (Å²) in [6.45, 7) is 0.588. The lowest BCUT2D eigenvalue weighted by atomic mass is 10.0. The molecule has 12 rings (SSSR count). The molecule has 2 N–H and O–H groups in total. The van der Waals surface area contributed by atoms with Crippen molar-refractivity contribution in [3.63, 3.8) is 0 Å². The second kappa shape index (κ2) is 27.2. The van der Waals surface area contributed by atoms with E-state index in [0.717, 1.165) is 46.8 Å². The van der Waals surface area contributed by atoms with Gasteiger partial charge in [0.05, 0.1) is 82.9 Å². The highest BCUT2D eigenvalue weighted by Gasteiger charge is 2.27. The standard InChI is InChI=1S/2C32H24F4N6O4/c2*1-45-12-11-41-26-14-19(32(43)44)13-24(34)31(26)39-27(41)16-21-23(33)15-22(30(36)29(21)35)25-3-2-4-28(38-25)46-17-18-5-7-20(8-6-18)42-10-9-37-40-42/h2*2-10,13-15H,11-12,16-17H2,1H3,(H,43,44). The highest BCUT2D eigenvalue weighted by molar-refractivity contribution is 5.93. The Labute approximate surface area is 515 Å². The molecular formula is C64H48F8N12O8. The van der Waals surface area contributed by atoms with E-state index < -0.39 is 93.6 Å². The summed E-state index contributed by atoms with van der Waals surface area (Å²) in [7, 11) is 2.84. The van der Waals surface area contributed by atoms with Crippen LogP contribution >= 0.6 is 0 Å². The number of fused-ring (bicyclic) bond motifs is 2. The largest absolute Gasteiger partial charge is 0.478 e. The zero-order valence-electron chi connectivity index (χ0n) is 48.2. The lowest BCUT2D eigenvalue weighted by Gasteiger charge is -2.13. The Kier molecular flexibility index (Phi) is 18.5. The number of carbonyl (C=O) groups is 2. The van der Waals surface area contributed by atoms with Gasteiger partial charge in [-0.1, -0.05) is 46.8 Å². The van der Waals surface area contributed by atoms with Crippen molar-refractivity contribution in [3.05, 3.63) is 238 Å². The summed E-state index contributed by atoms with van der Waals surface area (Å²) in [6.07, 6.45) is 5.43. The SMILES string of the molecule is COCCn1c(Cc2c(F)cc(-c3cccc(OCc4ccc(-n5ccnn5)cc4)n3)c(F)c2F)nc2c(F)cc(C(=O)O)cc21.COCCn1c(Cc2c(F)cc(-c3cccc(OCc4ccc(-n5ccnn5)cc4)n3)c(F)c2F)nc2c(F)cc(C(=O)O)cc21. The van der Waals surface area contributed by atoms with Crippen molar-refractivity contribution < 1.29 is 73.9 Å². The maximum atomic E-state index is 15.5. The first-order chi connectivity index (χ1) is 44.5. The van der Waals surface area contributed by atoms with Crippen LogP contribution in [-0.2, 0) is 48.6 Å². The molecule has 0 saturated carbocycles. The lowest BCUT2D eigenvalue weighted by Crippen LogP contribution is -2.11. The number of aromatic carboxylic acids is 2. The Balaban J connectivity index is 0.000000188. The number of methoxy groups -OCH3 is 2. The molecule has 0 bridgehead atoms. The number of pyridine rings is 2. The molecule has 0 amide bonds. The number of hydrogen-bond acceptors (Lipinski definition) is 14. The van der Waals surface area contributed by atoms with Crippen LogP contribution in [-0.4, -0.2) is 109 Å². The Morgan fingerprint density at radius 2 is 0.880 bits per heavy atom. The molecular weight excluding hydrogens is 1220 g/mol. The van der Waals surface area contributed by atoms with Gasteiger partial charge in [-0.3, -0.25) is 0 Å². The molecule has 0 saturated heterocycles. The van der Waals surface area contributed by atoms with Gasteiger partial charge in [0, 0.05) is 74.5 Å². The van der Waals surface area contributed by atoms with Crippen LogP contribution in [0.3, 0.4) is 0 Å².